The van der Waals surface area contributed by atoms with Crippen LogP contribution in [0.15, 0.2) is 6.33 Å². The highest BCUT2D eigenvalue weighted by Gasteiger charge is 2.38. The summed E-state index contributed by atoms with van der Waals surface area (Å²) in [6.45, 7) is 2.11. The van der Waals surface area contributed by atoms with Crippen LogP contribution in [0.3, 0.4) is 0 Å². The molecular formula is C15H18ClF3N6O2. The molecule has 2 atom stereocenters. The van der Waals surface area contributed by atoms with Crippen molar-refractivity contribution in [2.75, 3.05) is 18.4 Å². The van der Waals surface area contributed by atoms with Crippen molar-refractivity contribution in [2.45, 2.75) is 45.1 Å². The number of carbonyl (C=O) groups is 1. The molecule has 1 N–H and O–H groups in total. The number of nitrogens with one attached hydrogen (secondary N) is 1. The number of likely N-dealkylation sites (tertiary alicyclic amines) is 1. The first-order valence-electron chi connectivity index (χ1n) is 8.12. The van der Waals surface area contributed by atoms with Crippen LogP contribution < -0.4 is 5.32 Å². The molecule has 148 valence electrons. The Morgan fingerprint density at radius 1 is 1.37 bits per heavy atom. The van der Waals surface area contributed by atoms with Crippen LogP contribution in [-0.4, -0.2) is 61.4 Å². The highest BCUT2D eigenvalue weighted by Crippen LogP contribution is 2.27. The van der Waals surface area contributed by atoms with Gasteiger partial charge in [-0.1, -0.05) is 0 Å². The van der Waals surface area contributed by atoms with Crippen molar-refractivity contribution in [3.8, 4) is 0 Å². The number of hydrogen-bond donors (Lipinski definition) is 1. The number of hydrogen-bond acceptors (Lipinski definition) is 6. The molecule has 0 radical (unpaired) electrons. The lowest BCUT2D eigenvalue weighted by atomic mass is 10.2. The maximum Gasteiger partial charge on any atom is 0.410 e. The van der Waals surface area contributed by atoms with Crippen LogP contribution in [0.2, 0.25) is 5.28 Å². The zero-order valence-corrected chi connectivity index (χ0v) is 15.5. The third-order valence-electron chi connectivity index (χ3n) is 3.83. The van der Waals surface area contributed by atoms with Gasteiger partial charge in [0.25, 0.3) is 0 Å². The molecule has 1 aliphatic rings. The van der Waals surface area contributed by atoms with Crippen molar-refractivity contribution in [3.05, 3.63) is 11.6 Å². The Morgan fingerprint density at radius 3 is 2.70 bits per heavy atom. The van der Waals surface area contributed by atoms with Gasteiger partial charge in [0.1, 0.15) is 18.1 Å². The molecule has 3 heterocycles. The van der Waals surface area contributed by atoms with Gasteiger partial charge in [-0.05, 0) is 32.4 Å². The SMILES string of the molecule is CC(C)(C)OC(=O)N1C[C@@H](F)[C@H](Nc2nc(Cl)nc3c2ncn3C(F)F)C1. The third kappa shape index (κ3) is 4.18. The number of rotatable bonds is 3. The number of ether oxygens (including phenoxy) is 1. The predicted molar refractivity (Wildman–Crippen MR) is 91.7 cm³/mol. The second-order valence-corrected chi connectivity index (χ2v) is 7.43. The molecule has 27 heavy (non-hydrogen) atoms. The fourth-order valence-corrected chi connectivity index (χ4v) is 2.85. The van der Waals surface area contributed by atoms with Gasteiger partial charge in [0.15, 0.2) is 17.0 Å². The zero-order chi connectivity index (χ0) is 19.9. The standard InChI is InChI=1S/C15H18ClF3N6O2/c1-15(2,3)27-14(26)24-4-7(17)8(5-24)21-10-9-11(23-12(16)22-10)25(6-20-9)13(18)19/h6-8,13H,4-5H2,1-3H3,(H,21,22,23)/t7-,8-/m1/s1. The van der Waals surface area contributed by atoms with Crippen molar-refractivity contribution in [3.63, 3.8) is 0 Å². The number of nitrogens with zero attached hydrogens (tertiary/aromatic N) is 5. The number of amides is 1. The molecule has 1 aliphatic heterocycles. The minimum Gasteiger partial charge on any atom is -0.444 e. The summed E-state index contributed by atoms with van der Waals surface area (Å²) in [5.74, 6) is 0.0167. The van der Waals surface area contributed by atoms with Crippen LogP contribution in [0.1, 0.15) is 27.3 Å². The molecule has 1 amide bonds. The molecule has 0 aromatic carbocycles. The highest BCUT2D eigenvalue weighted by atomic mass is 35.5. The summed E-state index contributed by atoms with van der Waals surface area (Å²) < 4.78 is 46.2. The van der Waals surface area contributed by atoms with Crippen molar-refractivity contribution in [1.82, 2.24) is 24.4 Å². The van der Waals surface area contributed by atoms with Gasteiger partial charge in [-0.15, -0.1) is 0 Å². The lowest BCUT2D eigenvalue weighted by Gasteiger charge is -2.24. The van der Waals surface area contributed by atoms with E-state index in [2.05, 4.69) is 20.3 Å². The summed E-state index contributed by atoms with van der Waals surface area (Å²) in [6, 6.07) is -0.830. The number of aromatic nitrogens is 4. The van der Waals surface area contributed by atoms with E-state index < -0.39 is 30.5 Å². The summed E-state index contributed by atoms with van der Waals surface area (Å²) in [7, 11) is 0. The van der Waals surface area contributed by atoms with Gasteiger partial charge in [0.2, 0.25) is 5.28 Å². The van der Waals surface area contributed by atoms with E-state index in [1.807, 2.05) is 0 Å². The molecule has 3 rings (SSSR count). The van der Waals surface area contributed by atoms with E-state index in [0.717, 1.165) is 6.33 Å². The van der Waals surface area contributed by atoms with Crippen LogP contribution in [-0.2, 0) is 4.74 Å². The maximum absolute atomic E-state index is 14.4. The van der Waals surface area contributed by atoms with Crippen molar-refractivity contribution in [1.29, 1.82) is 0 Å². The van der Waals surface area contributed by atoms with Crippen LogP contribution >= 0.6 is 11.6 Å². The van der Waals surface area contributed by atoms with E-state index >= 15 is 0 Å². The fraction of sp³-hybridized carbons (Fsp3) is 0.600. The molecule has 2 aromatic rings. The third-order valence-corrected chi connectivity index (χ3v) is 4.00. The molecule has 1 saturated heterocycles. The highest BCUT2D eigenvalue weighted by molar-refractivity contribution is 6.28. The van der Waals surface area contributed by atoms with Gasteiger partial charge in [0, 0.05) is 6.54 Å². The lowest BCUT2D eigenvalue weighted by Crippen LogP contribution is -2.36. The molecule has 12 heteroatoms. The second-order valence-electron chi connectivity index (χ2n) is 7.10. The fourth-order valence-electron chi connectivity index (χ4n) is 2.68. The Morgan fingerprint density at radius 2 is 2.07 bits per heavy atom. The smallest absolute Gasteiger partial charge is 0.410 e. The Bertz CT molecular complexity index is 856. The van der Waals surface area contributed by atoms with Crippen molar-refractivity contribution in [2.24, 2.45) is 0 Å². The van der Waals surface area contributed by atoms with Gasteiger partial charge >= 0.3 is 12.6 Å². The second kappa shape index (κ2) is 7.02. The van der Waals surface area contributed by atoms with Gasteiger partial charge in [0.05, 0.1) is 12.6 Å². The summed E-state index contributed by atoms with van der Waals surface area (Å²) in [5, 5.41) is 2.51. The molecule has 0 bridgehead atoms. The summed E-state index contributed by atoms with van der Waals surface area (Å²) in [5.41, 5.74) is -0.851. The first-order chi connectivity index (χ1) is 12.5. The average Bonchev–Trinajstić information content (AvgIpc) is 3.10. The lowest BCUT2D eigenvalue weighted by molar-refractivity contribution is 0.0283. The summed E-state index contributed by atoms with van der Waals surface area (Å²) in [6.07, 6.45) is -1.15. The van der Waals surface area contributed by atoms with E-state index in [9.17, 15) is 18.0 Å². The molecule has 0 saturated carbocycles. The molecule has 0 aliphatic carbocycles. The van der Waals surface area contributed by atoms with E-state index in [1.54, 1.807) is 20.8 Å². The maximum atomic E-state index is 14.4. The molecular weight excluding hydrogens is 389 g/mol. The minimum atomic E-state index is -2.86. The molecule has 0 spiro atoms. The summed E-state index contributed by atoms with van der Waals surface area (Å²) in [4.78, 5) is 24.9. The van der Waals surface area contributed by atoms with E-state index in [4.69, 9.17) is 16.3 Å². The Kier molecular flexibility index (Phi) is 5.06. The van der Waals surface area contributed by atoms with Crippen molar-refractivity contribution >= 4 is 34.7 Å². The Balaban J connectivity index is 1.80. The quantitative estimate of drug-likeness (QED) is 0.788. The van der Waals surface area contributed by atoms with Crippen LogP contribution in [0, 0.1) is 0 Å². The Labute approximate surface area is 157 Å². The molecule has 8 nitrogen and oxygen atoms in total. The number of halogens is 4. The normalized spacial score (nSPS) is 20.5. The van der Waals surface area contributed by atoms with Crippen LogP contribution in [0.4, 0.5) is 23.8 Å². The van der Waals surface area contributed by atoms with Crippen LogP contribution in [0.25, 0.3) is 11.2 Å². The first kappa shape index (κ1) is 19.5. The topological polar surface area (TPSA) is 85.2 Å². The van der Waals surface area contributed by atoms with Crippen molar-refractivity contribution < 1.29 is 22.7 Å². The number of fused-ring (bicyclic) bond motifs is 1. The molecule has 2 aromatic heterocycles. The number of alkyl halides is 3. The molecule has 0 unspecified atom stereocenters. The molecule has 1 fully saturated rings. The van der Waals surface area contributed by atoms with Gasteiger partial charge in [-0.25, -0.2) is 14.2 Å². The monoisotopic (exact) mass is 406 g/mol. The van der Waals surface area contributed by atoms with E-state index in [0.29, 0.717) is 4.57 Å². The van der Waals surface area contributed by atoms with E-state index in [-0.39, 0.29) is 35.4 Å². The van der Waals surface area contributed by atoms with Gasteiger partial charge in [-0.3, -0.25) is 4.57 Å². The number of carbonyl (C=O) groups excluding carboxylic acids is 1. The number of anilines is 1. The first-order valence-corrected chi connectivity index (χ1v) is 8.49. The largest absolute Gasteiger partial charge is 0.444 e. The number of imidazole rings is 1. The van der Waals surface area contributed by atoms with Gasteiger partial charge < -0.3 is 15.0 Å². The zero-order valence-electron chi connectivity index (χ0n) is 14.8. The Hall–Kier alpha value is -2.30. The minimum absolute atomic E-state index is 0.00868. The predicted octanol–water partition coefficient (Wildman–Crippen LogP) is 3.24. The summed E-state index contributed by atoms with van der Waals surface area (Å²) >= 11 is 5.80. The van der Waals surface area contributed by atoms with E-state index in [1.165, 1.54) is 4.90 Å². The average molecular weight is 407 g/mol. The van der Waals surface area contributed by atoms with Gasteiger partial charge in [-0.2, -0.15) is 18.7 Å². The van der Waals surface area contributed by atoms with Crippen LogP contribution in [0.5, 0.6) is 0 Å².